The van der Waals surface area contributed by atoms with Crippen molar-refractivity contribution in [2.24, 2.45) is 0 Å². The summed E-state index contributed by atoms with van der Waals surface area (Å²) < 4.78 is 5.03. The maximum absolute atomic E-state index is 11.9. The van der Waals surface area contributed by atoms with Crippen LogP contribution in [0.15, 0.2) is 18.2 Å². The maximum Gasteiger partial charge on any atom is 0.241 e. The van der Waals surface area contributed by atoms with Gasteiger partial charge in [-0.25, -0.2) is 0 Å². The molecule has 0 saturated carbocycles. The van der Waals surface area contributed by atoms with Gasteiger partial charge in [-0.2, -0.15) is 0 Å². The molecule has 0 aliphatic carbocycles. The lowest BCUT2D eigenvalue weighted by molar-refractivity contribution is -0.117. The van der Waals surface area contributed by atoms with Crippen LogP contribution in [0.2, 0.25) is 5.02 Å². The molecule has 0 aromatic heterocycles. The third-order valence-electron chi connectivity index (χ3n) is 2.84. The second-order valence-electron chi connectivity index (χ2n) is 4.19. The zero-order valence-corrected chi connectivity index (χ0v) is 10.7. The highest BCUT2D eigenvalue weighted by atomic mass is 35.5. The molecule has 1 aromatic rings. The van der Waals surface area contributed by atoms with Crippen molar-refractivity contribution in [1.82, 2.24) is 5.32 Å². The Bertz CT molecular complexity index is 453. The SMILES string of the molecule is COc1ccc(NC(=O)C2CC(O)CN2)cc1Cl. The maximum atomic E-state index is 11.9. The number of carbonyl (C=O) groups excluding carboxylic acids is 1. The monoisotopic (exact) mass is 270 g/mol. The highest BCUT2D eigenvalue weighted by molar-refractivity contribution is 6.32. The number of hydrogen-bond acceptors (Lipinski definition) is 4. The van der Waals surface area contributed by atoms with E-state index in [0.717, 1.165) is 0 Å². The van der Waals surface area contributed by atoms with Crippen molar-refractivity contribution >= 4 is 23.2 Å². The molecular weight excluding hydrogens is 256 g/mol. The Hall–Kier alpha value is -1.30. The van der Waals surface area contributed by atoms with Crippen LogP contribution in [0.4, 0.5) is 5.69 Å². The first-order valence-corrected chi connectivity index (χ1v) is 6.04. The molecule has 1 aromatic carbocycles. The number of ether oxygens (including phenoxy) is 1. The minimum Gasteiger partial charge on any atom is -0.495 e. The quantitative estimate of drug-likeness (QED) is 0.767. The molecule has 1 saturated heterocycles. The lowest BCUT2D eigenvalue weighted by Gasteiger charge is -2.12. The highest BCUT2D eigenvalue weighted by Gasteiger charge is 2.27. The molecule has 6 heteroatoms. The summed E-state index contributed by atoms with van der Waals surface area (Å²) in [6.45, 7) is 0.446. The standard InChI is InChI=1S/C12H15ClN2O3/c1-18-11-3-2-7(4-9(11)13)15-12(17)10-5-8(16)6-14-10/h2-4,8,10,14,16H,5-6H2,1H3,(H,15,17). The zero-order chi connectivity index (χ0) is 13.1. The van der Waals surface area contributed by atoms with Gasteiger partial charge >= 0.3 is 0 Å². The van der Waals surface area contributed by atoms with Crippen LogP contribution < -0.4 is 15.4 Å². The third kappa shape index (κ3) is 2.93. The zero-order valence-electron chi connectivity index (χ0n) is 9.94. The minimum atomic E-state index is -0.458. The number of amides is 1. The molecule has 98 valence electrons. The van der Waals surface area contributed by atoms with E-state index in [0.29, 0.717) is 29.4 Å². The van der Waals surface area contributed by atoms with Gasteiger partial charge in [0, 0.05) is 12.2 Å². The van der Waals surface area contributed by atoms with E-state index in [1.807, 2.05) is 0 Å². The Morgan fingerprint density at radius 1 is 1.61 bits per heavy atom. The van der Waals surface area contributed by atoms with E-state index in [4.69, 9.17) is 16.3 Å². The molecule has 1 amide bonds. The summed E-state index contributed by atoms with van der Waals surface area (Å²) in [6, 6.07) is 4.67. The second-order valence-corrected chi connectivity index (χ2v) is 4.60. The molecule has 5 nitrogen and oxygen atoms in total. The topological polar surface area (TPSA) is 70.6 Å². The summed E-state index contributed by atoms with van der Waals surface area (Å²) >= 11 is 5.96. The van der Waals surface area contributed by atoms with Crippen molar-refractivity contribution in [2.75, 3.05) is 19.0 Å². The van der Waals surface area contributed by atoms with Crippen molar-refractivity contribution in [2.45, 2.75) is 18.6 Å². The summed E-state index contributed by atoms with van der Waals surface area (Å²) in [5, 5.41) is 15.5. The lowest BCUT2D eigenvalue weighted by atomic mass is 10.2. The van der Waals surface area contributed by atoms with Crippen LogP contribution in [0, 0.1) is 0 Å². The molecule has 3 N–H and O–H groups in total. The van der Waals surface area contributed by atoms with E-state index >= 15 is 0 Å². The van der Waals surface area contributed by atoms with Gasteiger partial charge in [-0.1, -0.05) is 11.6 Å². The summed E-state index contributed by atoms with van der Waals surface area (Å²) in [4.78, 5) is 11.9. The first-order valence-electron chi connectivity index (χ1n) is 5.66. The first-order chi connectivity index (χ1) is 8.60. The number of hydrogen-bond donors (Lipinski definition) is 3. The molecule has 1 aliphatic heterocycles. The highest BCUT2D eigenvalue weighted by Crippen LogP contribution is 2.27. The molecule has 2 atom stereocenters. The van der Waals surface area contributed by atoms with Crippen LogP contribution >= 0.6 is 11.6 Å². The van der Waals surface area contributed by atoms with Gasteiger partial charge in [0.1, 0.15) is 5.75 Å². The van der Waals surface area contributed by atoms with Crippen LogP contribution in [0.3, 0.4) is 0 Å². The number of aliphatic hydroxyl groups is 1. The van der Waals surface area contributed by atoms with Gasteiger partial charge in [0.05, 0.1) is 24.3 Å². The van der Waals surface area contributed by atoms with E-state index in [-0.39, 0.29) is 11.9 Å². The molecule has 2 rings (SSSR count). The van der Waals surface area contributed by atoms with Gasteiger partial charge in [0.25, 0.3) is 0 Å². The molecule has 0 bridgehead atoms. The number of anilines is 1. The van der Waals surface area contributed by atoms with Crippen molar-refractivity contribution in [1.29, 1.82) is 0 Å². The summed E-state index contributed by atoms with van der Waals surface area (Å²) in [6.07, 6.45) is -0.0318. The predicted molar refractivity (Wildman–Crippen MR) is 69.0 cm³/mol. The van der Waals surface area contributed by atoms with E-state index in [2.05, 4.69) is 10.6 Å². The van der Waals surface area contributed by atoms with E-state index in [1.54, 1.807) is 18.2 Å². The predicted octanol–water partition coefficient (Wildman–Crippen LogP) is 1.01. The van der Waals surface area contributed by atoms with Crippen molar-refractivity contribution in [3.05, 3.63) is 23.2 Å². The van der Waals surface area contributed by atoms with Crippen molar-refractivity contribution in [3.63, 3.8) is 0 Å². The number of aliphatic hydroxyl groups excluding tert-OH is 1. The minimum absolute atomic E-state index is 0.173. The Kier molecular flexibility index (Phi) is 4.06. The molecule has 1 heterocycles. The lowest BCUT2D eigenvalue weighted by Crippen LogP contribution is -2.35. The Labute approximate surface area is 110 Å². The number of carbonyl (C=O) groups is 1. The second kappa shape index (κ2) is 5.56. The molecular formula is C12H15ClN2O3. The van der Waals surface area contributed by atoms with Crippen molar-refractivity contribution in [3.8, 4) is 5.75 Å². The summed E-state index contributed by atoms with van der Waals surface area (Å²) in [7, 11) is 1.53. The fourth-order valence-electron chi connectivity index (χ4n) is 1.89. The van der Waals surface area contributed by atoms with Gasteiger partial charge in [0.15, 0.2) is 0 Å². The Morgan fingerprint density at radius 3 is 2.94 bits per heavy atom. The van der Waals surface area contributed by atoms with Gasteiger partial charge in [-0.3, -0.25) is 4.79 Å². The van der Waals surface area contributed by atoms with Gasteiger partial charge in [0.2, 0.25) is 5.91 Å². The largest absolute Gasteiger partial charge is 0.495 e. The van der Waals surface area contributed by atoms with Crippen LogP contribution in [-0.2, 0) is 4.79 Å². The fraction of sp³-hybridized carbons (Fsp3) is 0.417. The van der Waals surface area contributed by atoms with Gasteiger partial charge in [-0.05, 0) is 24.6 Å². The fourth-order valence-corrected chi connectivity index (χ4v) is 2.15. The molecule has 2 unspecified atom stereocenters. The van der Waals surface area contributed by atoms with E-state index < -0.39 is 6.10 Å². The van der Waals surface area contributed by atoms with E-state index in [1.165, 1.54) is 7.11 Å². The summed E-state index contributed by atoms with van der Waals surface area (Å²) in [5.41, 5.74) is 0.606. The number of β-amino-alcohol motifs (C(OH)–C–C–N with tert-alkyl or cyclic N) is 1. The molecule has 18 heavy (non-hydrogen) atoms. The summed E-state index contributed by atoms with van der Waals surface area (Å²) in [5.74, 6) is 0.386. The average Bonchev–Trinajstić information content (AvgIpc) is 2.76. The van der Waals surface area contributed by atoms with Gasteiger partial charge < -0.3 is 20.5 Å². The number of nitrogens with one attached hydrogen (secondary N) is 2. The molecule has 1 aliphatic rings. The normalized spacial score (nSPS) is 22.8. The molecule has 0 spiro atoms. The number of benzene rings is 1. The van der Waals surface area contributed by atoms with Crippen molar-refractivity contribution < 1.29 is 14.6 Å². The number of rotatable bonds is 3. The number of methoxy groups -OCH3 is 1. The average molecular weight is 271 g/mol. The van der Waals surface area contributed by atoms with E-state index in [9.17, 15) is 9.90 Å². The Balaban J connectivity index is 2.01. The van der Waals surface area contributed by atoms with Crippen LogP contribution in [-0.4, -0.2) is 36.8 Å². The smallest absolute Gasteiger partial charge is 0.241 e. The molecule has 1 fully saturated rings. The Morgan fingerprint density at radius 2 is 2.39 bits per heavy atom. The molecule has 0 radical (unpaired) electrons. The first kappa shape index (κ1) is 13.1. The van der Waals surface area contributed by atoms with Crippen LogP contribution in [0.25, 0.3) is 0 Å². The van der Waals surface area contributed by atoms with Crippen LogP contribution in [0.5, 0.6) is 5.75 Å². The third-order valence-corrected chi connectivity index (χ3v) is 3.14. The van der Waals surface area contributed by atoms with Crippen LogP contribution in [0.1, 0.15) is 6.42 Å². The van der Waals surface area contributed by atoms with Gasteiger partial charge in [-0.15, -0.1) is 0 Å². The number of halogens is 1.